The van der Waals surface area contributed by atoms with Gasteiger partial charge in [-0.3, -0.25) is 19.2 Å². The largest absolute Gasteiger partial charge is 0.356 e. The van der Waals surface area contributed by atoms with Gasteiger partial charge in [0, 0.05) is 32.8 Å². The van der Waals surface area contributed by atoms with E-state index in [1.807, 2.05) is 19.4 Å². The Hall–Kier alpha value is -2.38. The molecule has 8 heteroatoms. The minimum atomic E-state index is -0.661. The van der Waals surface area contributed by atoms with Gasteiger partial charge in [-0.1, -0.05) is 12.8 Å². The van der Waals surface area contributed by atoms with Crippen LogP contribution >= 0.6 is 0 Å². The van der Waals surface area contributed by atoms with Crippen molar-refractivity contribution >= 4 is 17.8 Å². The Morgan fingerprint density at radius 2 is 2.08 bits per heavy atom. The third-order valence-electron chi connectivity index (χ3n) is 5.21. The van der Waals surface area contributed by atoms with Gasteiger partial charge in [-0.25, -0.2) is 4.79 Å². The molecule has 4 amide bonds. The standard InChI is InChI=1S/C18H27N5O3/c1-22-13-14(12-20-22)6-4-10-19-15(24)7-5-11-23-16(25)18(21-17(23)26)8-2-3-9-18/h12-13H,2-11H2,1H3,(H,19,24)(H,21,26). The molecule has 1 spiro atoms. The summed E-state index contributed by atoms with van der Waals surface area (Å²) in [6.07, 6.45) is 9.74. The van der Waals surface area contributed by atoms with Crippen LogP contribution in [-0.2, 0) is 23.1 Å². The molecule has 26 heavy (non-hydrogen) atoms. The number of aryl methyl sites for hydroxylation is 2. The van der Waals surface area contributed by atoms with Crippen molar-refractivity contribution in [3.8, 4) is 0 Å². The summed E-state index contributed by atoms with van der Waals surface area (Å²) in [5, 5.41) is 9.85. The van der Waals surface area contributed by atoms with Crippen LogP contribution in [0.3, 0.4) is 0 Å². The van der Waals surface area contributed by atoms with E-state index < -0.39 is 5.54 Å². The highest BCUT2D eigenvalue weighted by Crippen LogP contribution is 2.35. The van der Waals surface area contributed by atoms with Gasteiger partial charge in [-0.05, 0) is 37.7 Å². The normalized spacial score (nSPS) is 18.6. The lowest BCUT2D eigenvalue weighted by molar-refractivity contribution is -0.131. The maximum Gasteiger partial charge on any atom is 0.325 e. The molecule has 8 nitrogen and oxygen atoms in total. The second-order valence-corrected chi connectivity index (χ2v) is 7.26. The Kier molecular flexibility index (Phi) is 5.58. The van der Waals surface area contributed by atoms with E-state index in [2.05, 4.69) is 15.7 Å². The number of imide groups is 1. The van der Waals surface area contributed by atoms with Gasteiger partial charge >= 0.3 is 6.03 Å². The molecular weight excluding hydrogens is 334 g/mol. The summed E-state index contributed by atoms with van der Waals surface area (Å²) in [6.45, 7) is 0.912. The topological polar surface area (TPSA) is 96.3 Å². The van der Waals surface area contributed by atoms with E-state index in [0.717, 1.165) is 44.1 Å². The van der Waals surface area contributed by atoms with Gasteiger partial charge in [0.1, 0.15) is 5.54 Å². The van der Waals surface area contributed by atoms with Gasteiger partial charge in [-0.2, -0.15) is 5.10 Å². The second kappa shape index (κ2) is 7.88. The summed E-state index contributed by atoms with van der Waals surface area (Å²) in [6, 6.07) is -0.311. The zero-order chi connectivity index (χ0) is 18.6. The van der Waals surface area contributed by atoms with Crippen molar-refractivity contribution in [2.45, 2.75) is 56.9 Å². The van der Waals surface area contributed by atoms with Gasteiger partial charge < -0.3 is 10.6 Å². The fourth-order valence-electron chi connectivity index (χ4n) is 3.80. The summed E-state index contributed by atoms with van der Waals surface area (Å²) in [5.41, 5.74) is 0.493. The van der Waals surface area contributed by atoms with Crippen molar-refractivity contribution in [2.75, 3.05) is 13.1 Å². The van der Waals surface area contributed by atoms with E-state index in [-0.39, 0.29) is 17.8 Å². The predicted molar refractivity (Wildman–Crippen MR) is 95.2 cm³/mol. The number of carbonyl (C=O) groups excluding carboxylic acids is 3. The van der Waals surface area contributed by atoms with Crippen molar-refractivity contribution in [3.05, 3.63) is 18.0 Å². The molecule has 2 fully saturated rings. The van der Waals surface area contributed by atoms with E-state index in [4.69, 9.17) is 0 Å². The molecule has 2 N–H and O–H groups in total. The molecule has 142 valence electrons. The van der Waals surface area contributed by atoms with Crippen LogP contribution in [0.15, 0.2) is 12.4 Å². The molecule has 2 heterocycles. The molecule has 0 atom stereocenters. The molecule has 3 rings (SSSR count). The van der Waals surface area contributed by atoms with E-state index >= 15 is 0 Å². The van der Waals surface area contributed by atoms with E-state index in [9.17, 15) is 14.4 Å². The third kappa shape index (κ3) is 4.05. The minimum Gasteiger partial charge on any atom is -0.356 e. The Bertz CT molecular complexity index is 678. The Labute approximate surface area is 153 Å². The Balaban J connectivity index is 1.32. The second-order valence-electron chi connectivity index (χ2n) is 7.26. The zero-order valence-corrected chi connectivity index (χ0v) is 15.3. The smallest absolute Gasteiger partial charge is 0.325 e. The molecule has 0 aromatic carbocycles. The summed E-state index contributed by atoms with van der Waals surface area (Å²) in [7, 11) is 1.88. The average molecular weight is 361 g/mol. The molecule has 0 unspecified atom stereocenters. The number of nitrogens with one attached hydrogen (secondary N) is 2. The number of hydrogen-bond donors (Lipinski definition) is 2. The first-order valence-corrected chi connectivity index (χ1v) is 9.38. The quantitative estimate of drug-likeness (QED) is 0.535. The highest BCUT2D eigenvalue weighted by atomic mass is 16.2. The van der Waals surface area contributed by atoms with Gasteiger partial charge in [0.25, 0.3) is 5.91 Å². The molecule has 0 radical (unpaired) electrons. The molecule has 1 saturated heterocycles. The maximum absolute atomic E-state index is 12.5. The third-order valence-corrected chi connectivity index (χ3v) is 5.21. The SMILES string of the molecule is Cn1cc(CCCNC(=O)CCCN2C(=O)NC3(CCCC3)C2=O)cn1. The summed E-state index contributed by atoms with van der Waals surface area (Å²) in [4.78, 5) is 37.7. The number of rotatable bonds is 8. The van der Waals surface area contributed by atoms with E-state index in [1.54, 1.807) is 4.68 Å². The first kappa shape index (κ1) is 18.4. The first-order valence-electron chi connectivity index (χ1n) is 9.38. The van der Waals surface area contributed by atoms with Gasteiger partial charge in [0.15, 0.2) is 0 Å². The number of amides is 4. The van der Waals surface area contributed by atoms with Crippen LogP contribution in [0, 0.1) is 0 Å². The predicted octanol–water partition coefficient (Wildman–Crippen LogP) is 1.11. The van der Waals surface area contributed by atoms with E-state index in [0.29, 0.717) is 25.9 Å². The van der Waals surface area contributed by atoms with Crippen LogP contribution in [0.25, 0.3) is 0 Å². The zero-order valence-electron chi connectivity index (χ0n) is 15.3. The fraction of sp³-hybridized carbons (Fsp3) is 0.667. The molecule has 1 aromatic heterocycles. The van der Waals surface area contributed by atoms with Crippen molar-refractivity contribution in [3.63, 3.8) is 0 Å². The average Bonchev–Trinajstić information content (AvgIpc) is 3.29. The minimum absolute atomic E-state index is 0.0428. The summed E-state index contributed by atoms with van der Waals surface area (Å²) < 4.78 is 1.76. The van der Waals surface area contributed by atoms with Crippen LogP contribution in [0.1, 0.15) is 50.5 Å². The van der Waals surface area contributed by atoms with E-state index in [1.165, 1.54) is 4.90 Å². The highest BCUT2D eigenvalue weighted by molar-refractivity contribution is 6.07. The van der Waals surface area contributed by atoms with Crippen LogP contribution < -0.4 is 10.6 Å². The molecule has 2 aliphatic rings. The molecule has 1 aliphatic heterocycles. The Morgan fingerprint density at radius 3 is 2.77 bits per heavy atom. The van der Waals surface area contributed by atoms with Gasteiger partial charge in [0.2, 0.25) is 5.91 Å². The van der Waals surface area contributed by atoms with Crippen LogP contribution in [0.4, 0.5) is 4.79 Å². The number of hydrogen-bond acceptors (Lipinski definition) is 4. The van der Waals surface area contributed by atoms with Gasteiger partial charge in [-0.15, -0.1) is 0 Å². The van der Waals surface area contributed by atoms with Crippen LogP contribution in [-0.4, -0.2) is 51.2 Å². The highest BCUT2D eigenvalue weighted by Gasteiger charge is 2.51. The number of urea groups is 1. The molecule has 0 bridgehead atoms. The molecular formula is C18H27N5O3. The summed E-state index contributed by atoms with van der Waals surface area (Å²) in [5.74, 6) is -0.157. The number of aromatic nitrogens is 2. The number of nitrogens with zero attached hydrogens (tertiary/aromatic N) is 3. The van der Waals surface area contributed by atoms with Crippen molar-refractivity contribution in [1.29, 1.82) is 0 Å². The first-order chi connectivity index (χ1) is 12.5. The summed E-state index contributed by atoms with van der Waals surface area (Å²) >= 11 is 0. The van der Waals surface area contributed by atoms with Gasteiger partial charge in [0.05, 0.1) is 6.20 Å². The van der Waals surface area contributed by atoms with Crippen LogP contribution in [0.2, 0.25) is 0 Å². The molecule has 1 aliphatic carbocycles. The lowest BCUT2D eigenvalue weighted by Gasteiger charge is -2.19. The van der Waals surface area contributed by atoms with Crippen molar-refractivity contribution in [2.24, 2.45) is 7.05 Å². The lowest BCUT2D eigenvalue weighted by atomic mass is 9.98. The maximum atomic E-state index is 12.5. The van der Waals surface area contributed by atoms with Crippen molar-refractivity contribution < 1.29 is 14.4 Å². The Morgan fingerprint density at radius 1 is 1.31 bits per heavy atom. The fourth-order valence-corrected chi connectivity index (χ4v) is 3.80. The van der Waals surface area contributed by atoms with Crippen LogP contribution in [0.5, 0.6) is 0 Å². The van der Waals surface area contributed by atoms with Crippen molar-refractivity contribution in [1.82, 2.24) is 25.3 Å². The monoisotopic (exact) mass is 361 g/mol. The lowest BCUT2D eigenvalue weighted by Crippen LogP contribution is -2.44. The molecule has 1 aromatic rings. The number of carbonyl (C=O) groups is 3. The molecule has 1 saturated carbocycles.